The van der Waals surface area contributed by atoms with E-state index < -0.39 is 12.1 Å². The van der Waals surface area contributed by atoms with Gasteiger partial charge in [-0.2, -0.15) is 0 Å². The Hall–Kier alpha value is -4.73. The summed E-state index contributed by atoms with van der Waals surface area (Å²) >= 11 is 0. The first-order chi connectivity index (χ1) is 22.2. The standard InChI is InChI=1S/C36H45N3O7/c1-7-8-9-30(36(42)37-19-18-23-10-13-25(43-3)14-11-23)39-29-17-15-26-27(21-31(29)41)28(38-22(2)40)16-12-24-20-32(44-4)34(45-5)35(46-6)33(24)26/h10-11,13-15,17,20-21,28,30H,7-9,12,16,18-19H2,1-6H3,(H,37,42)(H,38,40)(H,39,41)/t28-,30?/m0/s1. The van der Waals surface area contributed by atoms with Gasteiger partial charge in [0.15, 0.2) is 11.5 Å². The molecule has 0 heterocycles. The summed E-state index contributed by atoms with van der Waals surface area (Å²) in [6, 6.07) is 13.7. The lowest BCUT2D eigenvalue weighted by atomic mass is 9.95. The molecule has 246 valence electrons. The van der Waals surface area contributed by atoms with Crippen molar-refractivity contribution in [2.75, 3.05) is 40.3 Å². The topological polar surface area (TPSA) is 124 Å². The number of carbonyl (C=O) groups excluding carboxylic acids is 2. The molecule has 1 aliphatic rings. The highest BCUT2D eigenvalue weighted by Gasteiger charge is 2.30. The summed E-state index contributed by atoms with van der Waals surface area (Å²) in [7, 11) is 6.31. The van der Waals surface area contributed by atoms with E-state index in [2.05, 4.69) is 22.9 Å². The fraction of sp³-hybridized carbons (Fsp3) is 0.417. The number of ether oxygens (including phenoxy) is 4. The highest BCUT2D eigenvalue weighted by Crippen LogP contribution is 2.50. The molecule has 2 atom stereocenters. The summed E-state index contributed by atoms with van der Waals surface area (Å²) < 4.78 is 22.4. The molecule has 46 heavy (non-hydrogen) atoms. The predicted molar refractivity (Wildman–Crippen MR) is 179 cm³/mol. The van der Waals surface area contributed by atoms with E-state index >= 15 is 0 Å². The maximum atomic E-state index is 13.8. The summed E-state index contributed by atoms with van der Waals surface area (Å²) in [5.41, 5.74) is 4.18. The Morgan fingerprint density at radius 1 is 0.935 bits per heavy atom. The SMILES string of the molecule is CCCCC(Nc1ccc2c(cc1=O)[C@@H](NC(C)=O)CCc1cc(OC)c(OC)c(OC)c1-2)C(=O)NCCc1ccc(OC)cc1. The molecule has 10 nitrogen and oxygen atoms in total. The molecule has 0 fully saturated rings. The second-order valence-corrected chi connectivity index (χ2v) is 11.3. The maximum Gasteiger partial charge on any atom is 0.242 e. The molecule has 3 aromatic carbocycles. The molecule has 0 saturated carbocycles. The largest absolute Gasteiger partial charge is 0.497 e. The van der Waals surface area contributed by atoms with Gasteiger partial charge >= 0.3 is 0 Å². The number of amides is 2. The summed E-state index contributed by atoms with van der Waals surface area (Å²) in [5, 5.41) is 9.31. The number of rotatable bonds is 14. The van der Waals surface area contributed by atoms with Gasteiger partial charge in [0.05, 0.1) is 40.2 Å². The monoisotopic (exact) mass is 631 g/mol. The van der Waals surface area contributed by atoms with E-state index in [0.717, 1.165) is 40.8 Å². The smallest absolute Gasteiger partial charge is 0.242 e. The fourth-order valence-corrected chi connectivity index (χ4v) is 5.94. The van der Waals surface area contributed by atoms with Crippen LogP contribution in [0.2, 0.25) is 0 Å². The molecule has 1 unspecified atom stereocenters. The van der Waals surface area contributed by atoms with Crippen LogP contribution in [0.25, 0.3) is 11.1 Å². The zero-order valence-electron chi connectivity index (χ0n) is 27.6. The number of nitrogens with one attached hydrogen (secondary N) is 3. The molecule has 0 aliphatic heterocycles. The summed E-state index contributed by atoms with van der Waals surface area (Å²) in [4.78, 5) is 39.5. The molecule has 0 spiro atoms. The van der Waals surface area contributed by atoms with Crippen molar-refractivity contribution in [1.29, 1.82) is 0 Å². The Morgan fingerprint density at radius 2 is 1.67 bits per heavy atom. The molecule has 3 N–H and O–H groups in total. The average molecular weight is 632 g/mol. The molecule has 0 aromatic heterocycles. The highest BCUT2D eigenvalue weighted by molar-refractivity contribution is 5.86. The molecule has 10 heteroatoms. The van der Waals surface area contributed by atoms with Crippen molar-refractivity contribution < 1.29 is 28.5 Å². The number of hydrogen-bond donors (Lipinski definition) is 3. The fourth-order valence-electron chi connectivity index (χ4n) is 5.94. The van der Waals surface area contributed by atoms with Crippen molar-refractivity contribution in [3.63, 3.8) is 0 Å². The van der Waals surface area contributed by atoms with Crippen LogP contribution in [-0.4, -0.2) is 52.8 Å². The van der Waals surface area contributed by atoms with Crippen molar-refractivity contribution in [2.24, 2.45) is 0 Å². The predicted octanol–water partition coefficient (Wildman–Crippen LogP) is 5.20. The van der Waals surface area contributed by atoms with Crippen molar-refractivity contribution in [2.45, 2.75) is 64.5 Å². The number of anilines is 1. The maximum absolute atomic E-state index is 13.8. The normalized spacial score (nSPS) is 14.1. The van der Waals surface area contributed by atoms with Crippen LogP contribution in [0.5, 0.6) is 23.0 Å². The van der Waals surface area contributed by atoms with Gasteiger partial charge in [0, 0.05) is 19.0 Å². The zero-order chi connectivity index (χ0) is 33.2. The molecule has 4 rings (SSSR count). The van der Waals surface area contributed by atoms with E-state index in [4.69, 9.17) is 18.9 Å². The van der Waals surface area contributed by atoms with Gasteiger partial charge in [-0.1, -0.05) is 38.0 Å². The van der Waals surface area contributed by atoms with E-state index in [1.54, 1.807) is 40.6 Å². The third-order valence-corrected chi connectivity index (χ3v) is 8.28. The number of benzene rings is 2. The van der Waals surface area contributed by atoms with Crippen LogP contribution < -0.4 is 40.3 Å². The minimum atomic E-state index is -0.608. The van der Waals surface area contributed by atoms with Gasteiger partial charge < -0.3 is 34.9 Å². The Bertz CT molecular complexity index is 1590. The quantitative estimate of drug-likeness (QED) is 0.222. The van der Waals surface area contributed by atoms with E-state index in [-0.39, 0.29) is 17.2 Å². The number of fused-ring (bicyclic) bond motifs is 3. The van der Waals surface area contributed by atoms with Crippen molar-refractivity contribution in [3.05, 3.63) is 75.4 Å². The van der Waals surface area contributed by atoms with Gasteiger partial charge in [0.25, 0.3) is 0 Å². The second kappa shape index (κ2) is 16.0. The molecule has 0 radical (unpaired) electrons. The number of methoxy groups -OCH3 is 4. The lowest BCUT2D eigenvalue weighted by Crippen LogP contribution is -2.41. The Labute approximate surface area is 270 Å². The van der Waals surface area contributed by atoms with Gasteiger partial charge in [-0.3, -0.25) is 14.4 Å². The third kappa shape index (κ3) is 7.91. The van der Waals surface area contributed by atoms with E-state index in [0.29, 0.717) is 60.7 Å². The van der Waals surface area contributed by atoms with Crippen molar-refractivity contribution in [1.82, 2.24) is 10.6 Å². The first-order valence-corrected chi connectivity index (χ1v) is 15.7. The minimum absolute atomic E-state index is 0.172. The lowest BCUT2D eigenvalue weighted by Gasteiger charge is -2.19. The highest BCUT2D eigenvalue weighted by atomic mass is 16.5. The second-order valence-electron chi connectivity index (χ2n) is 11.3. The van der Waals surface area contributed by atoms with Gasteiger partial charge in [-0.25, -0.2) is 0 Å². The summed E-state index contributed by atoms with van der Waals surface area (Å²) in [6.45, 7) is 3.98. The van der Waals surface area contributed by atoms with E-state index in [1.807, 2.05) is 36.4 Å². The van der Waals surface area contributed by atoms with Crippen LogP contribution in [0.1, 0.15) is 62.3 Å². The van der Waals surface area contributed by atoms with E-state index in [9.17, 15) is 14.4 Å². The van der Waals surface area contributed by atoms with Crippen LogP contribution in [0.3, 0.4) is 0 Å². The lowest BCUT2D eigenvalue weighted by molar-refractivity contribution is -0.122. The molecule has 1 aliphatic carbocycles. The molecule has 3 aromatic rings. The third-order valence-electron chi connectivity index (χ3n) is 8.28. The average Bonchev–Trinajstić information content (AvgIpc) is 3.30. The Morgan fingerprint density at radius 3 is 2.30 bits per heavy atom. The van der Waals surface area contributed by atoms with Gasteiger partial charge in [0.1, 0.15) is 11.8 Å². The molecule has 0 bridgehead atoms. The molecule has 2 amide bonds. The van der Waals surface area contributed by atoms with E-state index in [1.165, 1.54) is 6.92 Å². The Kier molecular flexibility index (Phi) is 11.9. The van der Waals surface area contributed by atoms with Crippen molar-refractivity contribution in [3.8, 4) is 34.1 Å². The molecule has 0 saturated heterocycles. The number of unbranched alkanes of at least 4 members (excludes halogenated alkanes) is 1. The van der Waals surface area contributed by atoms with Gasteiger partial charge in [0.2, 0.25) is 23.0 Å². The summed E-state index contributed by atoms with van der Waals surface area (Å²) in [5.74, 6) is 1.85. The zero-order valence-corrected chi connectivity index (χ0v) is 27.6. The Balaban J connectivity index is 1.70. The van der Waals surface area contributed by atoms with Crippen LogP contribution in [0.4, 0.5) is 5.69 Å². The number of carbonyl (C=O) groups is 2. The number of hydrogen-bond acceptors (Lipinski definition) is 8. The van der Waals surface area contributed by atoms with Crippen LogP contribution in [-0.2, 0) is 22.4 Å². The molecular formula is C36H45N3O7. The first kappa shape index (κ1) is 34.1. The van der Waals surface area contributed by atoms with Gasteiger partial charge in [-0.05, 0) is 78.3 Å². The first-order valence-electron chi connectivity index (χ1n) is 15.7. The van der Waals surface area contributed by atoms with Crippen molar-refractivity contribution >= 4 is 17.5 Å². The minimum Gasteiger partial charge on any atom is -0.497 e. The van der Waals surface area contributed by atoms with Crippen LogP contribution in [0.15, 0.2) is 53.3 Å². The molecular weight excluding hydrogens is 586 g/mol. The number of aryl methyl sites for hydroxylation is 1. The van der Waals surface area contributed by atoms with Crippen LogP contribution in [0, 0.1) is 0 Å². The van der Waals surface area contributed by atoms with Gasteiger partial charge in [-0.15, -0.1) is 0 Å². The van der Waals surface area contributed by atoms with Crippen LogP contribution >= 0.6 is 0 Å². The summed E-state index contributed by atoms with van der Waals surface area (Å²) in [6.07, 6.45) is 4.09.